The zero-order valence-electron chi connectivity index (χ0n) is 18.1. The number of aliphatic hydroxyl groups is 1. The SMILES string of the molecule is Cc1ccc(CC[C@H](O)/C=C/C2C[C@H]3CC[C@@H](O3)[C@@H]2C/C=C\CCCC(=O)O)cc1. The van der Waals surface area contributed by atoms with Crippen molar-refractivity contribution in [1.29, 1.82) is 0 Å². The number of carbonyl (C=O) groups is 1. The minimum absolute atomic E-state index is 0.229. The quantitative estimate of drug-likeness (QED) is 0.386. The van der Waals surface area contributed by atoms with Crippen molar-refractivity contribution in [1.82, 2.24) is 0 Å². The van der Waals surface area contributed by atoms with Gasteiger partial charge in [-0.25, -0.2) is 0 Å². The molecule has 0 saturated carbocycles. The standard InChI is InChI=1S/C26H36O4/c1-19-8-10-20(11-9-19)12-14-22(27)15-13-21-18-23-16-17-25(30-23)24(21)6-4-2-3-5-7-26(28)29/h2,4,8-11,13,15,21-25,27H,3,5-7,12,14,16-18H2,1H3,(H,28,29)/b4-2-,15-13+/t21?,22-,23+,24+,25+/m0/s1. The molecule has 2 heterocycles. The Balaban J connectivity index is 1.49. The smallest absolute Gasteiger partial charge is 0.303 e. The number of carboxylic acids is 1. The van der Waals surface area contributed by atoms with Gasteiger partial charge < -0.3 is 14.9 Å². The van der Waals surface area contributed by atoms with E-state index in [0.717, 1.165) is 44.9 Å². The fourth-order valence-electron chi connectivity index (χ4n) is 4.70. The highest BCUT2D eigenvalue weighted by molar-refractivity contribution is 5.66. The van der Waals surface area contributed by atoms with Crippen molar-refractivity contribution in [3.8, 4) is 0 Å². The molecule has 30 heavy (non-hydrogen) atoms. The van der Waals surface area contributed by atoms with Crippen LogP contribution in [0.1, 0.15) is 62.5 Å². The number of aliphatic hydroxyl groups excluding tert-OH is 1. The summed E-state index contributed by atoms with van der Waals surface area (Å²) in [5, 5.41) is 19.2. The van der Waals surface area contributed by atoms with Gasteiger partial charge in [-0.15, -0.1) is 0 Å². The van der Waals surface area contributed by atoms with E-state index < -0.39 is 12.1 Å². The van der Waals surface area contributed by atoms with E-state index in [2.05, 4.69) is 49.4 Å². The predicted molar refractivity (Wildman–Crippen MR) is 119 cm³/mol. The summed E-state index contributed by atoms with van der Waals surface area (Å²) in [7, 11) is 0. The number of benzene rings is 1. The third-order valence-electron chi connectivity index (χ3n) is 6.47. The first-order valence-corrected chi connectivity index (χ1v) is 11.5. The lowest BCUT2D eigenvalue weighted by Gasteiger charge is -2.35. The molecule has 0 amide bonds. The molecule has 2 aliphatic heterocycles. The molecule has 0 aliphatic carbocycles. The molecule has 2 bridgehead atoms. The van der Waals surface area contributed by atoms with E-state index >= 15 is 0 Å². The lowest BCUT2D eigenvalue weighted by Crippen LogP contribution is -2.34. The molecule has 2 aliphatic rings. The number of hydrogen-bond donors (Lipinski definition) is 2. The summed E-state index contributed by atoms with van der Waals surface area (Å²) in [6.45, 7) is 2.09. The van der Waals surface area contributed by atoms with E-state index in [0.29, 0.717) is 30.5 Å². The monoisotopic (exact) mass is 412 g/mol. The van der Waals surface area contributed by atoms with Crippen LogP contribution in [0.4, 0.5) is 0 Å². The molecule has 4 heteroatoms. The van der Waals surface area contributed by atoms with Crippen LogP contribution < -0.4 is 0 Å². The van der Waals surface area contributed by atoms with Crippen LogP contribution >= 0.6 is 0 Å². The fourth-order valence-corrected chi connectivity index (χ4v) is 4.70. The van der Waals surface area contributed by atoms with Crippen LogP contribution in [0.25, 0.3) is 0 Å². The number of aryl methyl sites for hydroxylation is 2. The van der Waals surface area contributed by atoms with Crippen molar-refractivity contribution in [3.05, 3.63) is 59.7 Å². The fraction of sp³-hybridized carbons (Fsp3) is 0.577. The minimum atomic E-state index is -0.729. The van der Waals surface area contributed by atoms with Crippen LogP contribution in [-0.4, -0.2) is 34.5 Å². The van der Waals surface area contributed by atoms with Crippen LogP contribution in [0, 0.1) is 18.8 Å². The molecule has 2 N–H and O–H groups in total. The molecule has 1 aromatic rings. The summed E-state index contributed by atoms with van der Waals surface area (Å²) >= 11 is 0. The highest BCUT2D eigenvalue weighted by Gasteiger charge is 2.41. The molecular weight excluding hydrogens is 376 g/mol. The number of hydrogen-bond acceptors (Lipinski definition) is 3. The maximum Gasteiger partial charge on any atom is 0.303 e. The number of allylic oxidation sites excluding steroid dienone is 3. The first-order valence-electron chi connectivity index (χ1n) is 11.5. The first-order chi connectivity index (χ1) is 14.5. The molecule has 5 atom stereocenters. The Hall–Kier alpha value is -1.91. The summed E-state index contributed by atoms with van der Waals surface area (Å²) in [6, 6.07) is 8.52. The Morgan fingerprint density at radius 2 is 2.03 bits per heavy atom. The number of rotatable bonds is 11. The summed E-state index contributed by atoms with van der Waals surface area (Å²) in [5.41, 5.74) is 2.53. The third kappa shape index (κ3) is 7.10. The van der Waals surface area contributed by atoms with E-state index in [1.54, 1.807) is 0 Å². The molecule has 3 rings (SSSR count). The van der Waals surface area contributed by atoms with Crippen molar-refractivity contribution < 1.29 is 19.7 Å². The molecule has 1 aromatic carbocycles. The predicted octanol–water partition coefficient (Wildman–Crippen LogP) is 5.23. The Kier molecular flexibility index (Phi) is 8.71. The number of unbranched alkanes of at least 4 members (excludes halogenated alkanes) is 1. The van der Waals surface area contributed by atoms with Gasteiger partial charge in [0.15, 0.2) is 0 Å². The van der Waals surface area contributed by atoms with Crippen molar-refractivity contribution in [2.45, 2.75) is 83.0 Å². The Morgan fingerprint density at radius 1 is 1.23 bits per heavy atom. The van der Waals surface area contributed by atoms with Crippen LogP contribution in [0.15, 0.2) is 48.6 Å². The molecular formula is C26H36O4. The molecule has 1 unspecified atom stereocenters. The van der Waals surface area contributed by atoms with Gasteiger partial charge in [-0.3, -0.25) is 4.79 Å². The van der Waals surface area contributed by atoms with Crippen LogP contribution in [-0.2, 0) is 16.0 Å². The Labute approximate surface area is 180 Å². The zero-order valence-corrected chi connectivity index (χ0v) is 18.1. The van der Waals surface area contributed by atoms with Gasteiger partial charge in [0.25, 0.3) is 0 Å². The van der Waals surface area contributed by atoms with E-state index in [9.17, 15) is 9.90 Å². The maximum absolute atomic E-state index is 10.6. The van der Waals surface area contributed by atoms with Crippen molar-refractivity contribution in [3.63, 3.8) is 0 Å². The van der Waals surface area contributed by atoms with Gasteiger partial charge >= 0.3 is 5.97 Å². The largest absolute Gasteiger partial charge is 0.481 e. The summed E-state index contributed by atoms with van der Waals surface area (Å²) < 4.78 is 6.16. The summed E-state index contributed by atoms with van der Waals surface area (Å²) in [6.07, 6.45) is 16.4. The molecule has 0 radical (unpaired) electrons. The van der Waals surface area contributed by atoms with E-state index in [1.807, 2.05) is 6.08 Å². The number of carboxylic acid groups (broad SMARTS) is 1. The first kappa shape index (κ1) is 22.8. The zero-order chi connectivity index (χ0) is 21.3. The number of aliphatic carboxylic acids is 1. The van der Waals surface area contributed by atoms with E-state index in [-0.39, 0.29) is 6.42 Å². The summed E-state index contributed by atoms with van der Waals surface area (Å²) in [4.78, 5) is 10.6. The second-order valence-electron chi connectivity index (χ2n) is 8.91. The summed E-state index contributed by atoms with van der Waals surface area (Å²) in [5.74, 6) is 0.154. The lowest BCUT2D eigenvalue weighted by atomic mass is 9.81. The normalized spacial score (nSPS) is 27.1. The molecule has 0 spiro atoms. The maximum atomic E-state index is 10.6. The van der Waals surface area contributed by atoms with E-state index in [1.165, 1.54) is 11.1 Å². The Morgan fingerprint density at radius 3 is 2.80 bits per heavy atom. The van der Waals surface area contributed by atoms with Gasteiger partial charge in [-0.05, 0) is 75.7 Å². The van der Waals surface area contributed by atoms with E-state index in [4.69, 9.17) is 9.84 Å². The van der Waals surface area contributed by atoms with Gasteiger partial charge in [-0.1, -0.05) is 54.1 Å². The number of ether oxygens (including phenoxy) is 1. The molecule has 0 aromatic heterocycles. The van der Waals surface area contributed by atoms with Gasteiger partial charge in [0.2, 0.25) is 0 Å². The van der Waals surface area contributed by atoms with Gasteiger partial charge in [0.1, 0.15) is 0 Å². The van der Waals surface area contributed by atoms with Crippen molar-refractivity contribution in [2.24, 2.45) is 11.8 Å². The minimum Gasteiger partial charge on any atom is -0.481 e. The second-order valence-corrected chi connectivity index (χ2v) is 8.91. The molecule has 164 valence electrons. The van der Waals surface area contributed by atoms with Gasteiger partial charge in [0, 0.05) is 6.42 Å². The molecule has 2 fully saturated rings. The molecule has 4 nitrogen and oxygen atoms in total. The van der Waals surface area contributed by atoms with Crippen molar-refractivity contribution in [2.75, 3.05) is 0 Å². The van der Waals surface area contributed by atoms with Crippen LogP contribution in [0.2, 0.25) is 0 Å². The third-order valence-corrected chi connectivity index (χ3v) is 6.47. The van der Waals surface area contributed by atoms with Crippen molar-refractivity contribution >= 4 is 5.97 Å². The second kappa shape index (κ2) is 11.5. The average Bonchev–Trinajstić information content (AvgIpc) is 3.12. The van der Waals surface area contributed by atoms with Gasteiger partial charge in [0.05, 0.1) is 18.3 Å². The topological polar surface area (TPSA) is 66.8 Å². The highest BCUT2D eigenvalue weighted by Crippen LogP contribution is 2.42. The average molecular weight is 413 g/mol. The van der Waals surface area contributed by atoms with Crippen LogP contribution in [0.5, 0.6) is 0 Å². The van der Waals surface area contributed by atoms with Crippen LogP contribution in [0.3, 0.4) is 0 Å². The van der Waals surface area contributed by atoms with Gasteiger partial charge in [-0.2, -0.15) is 0 Å². The lowest BCUT2D eigenvalue weighted by molar-refractivity contribution is -0.137. The molecule has 2 saturated heterocycles. The highest BCUT2D eigenvalue weighted by atomic mass is 16.5. The number of fused-ring (bicyclic) bond motifs is 2. The Bertz CT molecular complexity index is 721.